The lowest BCUT2D eigenvalue weighted by Gasteiger charge is -2.38. The summed E-state index contributed by atoms with van der Waals surface area (Å²) >= 11 is 0. The topological polar surface area (TPSA) is 200 Å². The molecule has 0 bridgehead atoms. The summed E-state index contributed by atoms with van der Waals surface area (Å²) in [6, 6.07) is 4.43. The molecular weight excluding hydrogens is 456 g/mol. The zero-order valence-corrected chi connectivity index (χ0v) is 17.9. The molecule has 4 rings (SSSR count). The second kappa shape index (κ2) is 8.57. The van der Waals surface area contributed by atoms with Gasteiger partial charge in [-0.3, -0.25) is 4.79 Å². The number of fused-ring (bicyclic) bond motifs is 1. The van der Waals surface area contributed by atoms with Crippen molar-refractivity contribution in [3.63, 3.8) is 0 Å². The molecule has 0 saturated carbocycles. The molecule has 1 fully saturated rings. The molecule has 2 aromatic carbocycles. The lowest BCUT2D eigenvalue weighted by atomic mass is 10.00. The number of hydrogen-bond acceptors (Lipinski definition) is 12. The Hall–Kier alpha value is -3.71. The summed E-state index contributed by atoms with van der Waals surface area (Å²) in [6.45, 7) is 1.46. The molecule has 12 nitrogen and oxygen atoms in total. The molecule has 2 heterocycles. The summed E-state index contributed by atoms with van der Waals surface area (Å²) in [6.07, 6.45) is -6.83. The van der Waals surface area contributed by atoms with E-state index in [1.807, 2.05) is 0 Å². The third kappa shape index (κ3) is 3.82. The normalized spacial score (nSPS) is 24.8. The smallest absolute Gasteiger partial charge is 0.238 e. The average molecular weight is 478 g/mol. The molecule has 0 aliphatic carbocycles. The number of phenolic OH excluding ortho intramolecular Hbond substituents is 3. The Bertz CT molecular complexity index is 1300. The van der Waals surface area contributed by atoms with Crippen molar-refractivity contribution in [2.24, 2.45) is 0 Å². The third-order valence-electron chi connectivity index (χ3n) is 5.52. The molecular formula is C22H22O12. The summed E-state index contributed by atoms with van der Waals surface area (Å²) in [5.74, 6) is -3.34. The van der Waals surface area contributed by atoms with Crippen LogP contribution in [0.4, 0.5) is 0 Å². The fraction of sp³-hybridized carbons (Fsp3) is 0.318. The monoisotopic (exact) mass is 478 g/mol. The van der Waals surface area contributed by atoms with Crippen LogP contribution >= 0.6 is 0 Å². The van der Waals surface area contributed by atoms with Gasteiger partial charge in [0.05, 0.1) is 13.2 Å². The number of rotatable bonds is 4. The summed E-state index contributed by atoms with van der Waals surface area (Å²) in [7, 11) is 1.23. The fourth-order valence-electron chi connectivity index (χ4n) is 3.65. The minimum Gasteiger partial charge on any atom is -0.507 e. The molecule has 1 aliphatic rings. The van der Waals surface area contributed by atoms with Gasteiger partial charge in [0.2, 0.25) is 23.2 Å². The van der Waals surface area contributed by atoms with Gasteiger partial charge in [-0.15, -0.1) is 0 Å². The standard InChI is InChI=1S/C22H22O12/c1-7-15(25)18(28)20(30)22(32-7)33-9-5-10(23)14-12(6-9)34-21(19(29)17(14)27)8-3-11(24)16(26)13(4-8)31-2/h3-7,15,18,20,22-26,28-30H,1-2H3/t7-,15-,18+,20+,22-/m0/s1. The molecule has 3 aromatic rings. The number of phenols is 3. The van der Waals surface area contributed by atoms with E-state index < -0.39 is 64.9 Å². The molecule has 0 radical (unpaired) electrons. The second-order valence-corrected chi connectivity index (χ2v) is 7.77. The first-order chi connectivity index (χ1) is 16.0. The van der Waals surface area contributed by atoms with Gasteiger partial charge in [0.15, 0.2) is 17.3 Å². The van der Waals surface area contributed by atoms with E-state index in [2.05, 4.69) is 0 Å². The first-order valence-electron chi connectivity index (χ1n) is 10.0. The van der Waals surface area contributed by atoms with Gasteiger partial charge in [-0.05, 0) is 19.1 Å². The van der Waals surface area contributed by atoms with Crippen molar-refractivity contribution in [3.05, 3.63) is 34.5 Å². The second-order valence-electron chi connectivity index (χ2n) is 7.77. The molecule has 12 heteroatoms. The number of aliphatic hydroxyl groups is 3. The van der Waals surface area contributed by atoms with Gasteiger partial charge in [0.1, 0.15) is 40.8 Å². The molecule has 1 aromatic heterocycles. The van der Waals surface area contributed by atoms with Gasteiger partial charge in [-0.1, -0.05) is 0 Å². The summed E-state index contributed by atoms with van der Waals surface area (Å²) in [5.41, 5.74) is -1.25. The summed E-state index contributed by atoms with van der Waals surface area (Å²) in [4.78, 5) is 12.7. The third-order valence-corrected chi connectivity index (χ3v) is 5.52. The molecule has 34 heavy (non-hydrogen) atoms. The Balaban J connectivity index is 1.80. The number of hydrogen-bond donors (Lipinski definition) is 7. The minimum absolute atomic E-state index is 0.0218. The van der Waals surface area contributed by atoms with E-state index in [9.17, 15) is 40.5 Å². The zero-order valence-electron chi connectivity index (χ0n) is 17.9. The van der Waals surface area contributed by atoms with Gasteiger partial charge in [-0.25, -0.2) is 0 Å². The highest BCUT2D eigenvalue weighted by molar-refractivity contribution is 5.88. The number of ether oxygens (including phenoxy) is 3. The van der Waals surface area contributed by atoms with Crippen LogP contribution in [-0.4, -0.2) is 73.6 Å². The van der Waals surface area contributed by atoms with E-state index in [4.69, 9.17) is 18.6 Å². The molecule has 7 N–H and O–H groups in total. The van der Waals surface area contributed by atoms with Crippen LogP contribution in [0.2, 0.25) is 0 Å². The van der Waals surface area contributed by atoms with Crippen LogP contribution in [0.3, 0.4) is 0 Å². The van der Waals surface area contributed by atoms with Crippen LogP contribution in [-0.2, 0) is 4.74 Å². The van der Waals surface area contributed by atoms with E-state index in [-0.39, 0.29) is 28.0 Å². The summed E-state index contributed by atoms with van der Waals surface area (Å²) in [5, 5.41) is 70.1. The van der Waals surface area contributed by atoms with Gasteiger partial charge < -0.3 is 54.4 Å². The molecule has 0 spiro atoms. The van der Waals surface area contributed by atoms with Crippen molar-refractivity contribution in [1.82, 2.24) is 0 Å². The highest BCUT2D eigenvalue weighted by Gasteiger charge is 2.43. The van der Waals surface area contributed by atoms with Crippen LogP contribution in [0.5, 0.6) is 34.5 Å². The highest BCUT2D eigenvalue weighted by Crippen LogP contribution is 2.42. The Morgan fingerprint density at radius 3 is 2.26 bits per heavy atom. The predicted molar refractivity (Wildman–Crippen MR) is 114 cm³/mol. The highest BCUT2D eigenvalue weighted by atomic mass is 16.7. The molecule has 1 saturated heterocycles. The van der Waals surface area contributed by atoms with E-state index in [0.29, 0.717) is 0 Å². The van der Waals surface area contributed by atoms with Crippen LogP contribution in [0.15, 0.2) is 33.5 Å². The number of aromatic hydroxyl groups is 4. The first-order valence-corrected chi connectivity index (χ1v) is 10.0. The number of benzene rings is 2. The molecule has 5 atom stereocenters. The Kier molecular flexibility index (Phi) is 5.91. The van der Waals surface area contributed by atoms with Crippen LogP contribution < -0.4 is 14.9 Å². The Morgan fingerprint density at radius 2 is 1.59 bits per heavy atom. The van der Waals surface area contributed by atoms with Crippen LogP contribution in [0.1, 0.15) is 6.92 Å². The molecule has 0 unspecified atom stereocenters. The lowest BCUT2D eigenvalue weighted by Crippen LogP contribution is -2.58. The fourth-order valence-corrected chi connectivity index (χ4v) is 3.65. The maximum atomic E-state index is 12.7. The molecule has 182 valence electrons. The van der Waals surface area contributed by atoms with Crippen molar-refractivity contribution < 1.29 is 54.4 Å². The lowest BCUT2D eigenvalue weighted by molar-refractivity contribution is -0.268. The zero-order chi connectivity index (χ0) is 24.9. The van der Waals surface area contributed by atoms with E-state index >= 15 is 0 Å². The number of methoxy groups -OCH3 is 1. The average Bonchev–Trinajstić information content (AvgIpc) is 2.79. The van der Waals surface area contributed by atoms with Crippen molar-refractivity contribution in [1.29, 1.82) is 0 Å². The minimum atomic E-state index is -1.63. The van der Waals surface area contributed by atoms with E-state index in [0.717, 1.165) is 12.1 Å². The number of aliphatic hydroxyl groups excluding tert-OH is 3. The van der Waals surface area contributed by atoms with Gasteiger partial charge in [-0.2, -0.15) is 0 Å². The van der Waals surface area contributed by atoms with E-state index in [1.165, 1.54) is 26.2 Å². The van der Waals surface area contributed by atoms with Crippen LogP contribution in [0, 0.1) is 0 Å². The van der Waals surface area contributed by atoms with Crippen molar-refractivity contribution in [2.75, 3.05) is 7.11 Å². The first kappa shape index (κ1) is 23.4. The van der Waals surface area contributed by atoms with Crippen molar-refractivity contribution in [3.8, 4) is 45.8 Å². The molecule has 0 amide bonds. The quantitative estimate of drug-likeness (QED) is 0.257. The largest absolute Gasteiger partial charge is 0.507 e. The summed E-state index contributed by atoms with van der Waals surface area (Å²) < 4.78 is 21.4. The van der Waals surface area contributed by atoms with Crippen molar-refractivity contribution in [2.45, 2.75) is 37.6 Å². The SMILES string of the molecule is COc1cc(-c2oc3cc(O[C@@H]4O[C@@H](C)[C@H](O)[C@@H](O)[C@H]4O)cc(O)c3c(=O)c2O)cc(O)c1O. The molecule has 1 aliphatic heterocycles. The van der Waals surface area contributed by atoms with Gasteiger partial charge in [0, 0.05) is 17.7 Å². The van der Waals surface area contributed by atoms with E-state index in [1.54, 1.807) is 0 Å². The Labute approximate surface area is 191 Å². The van der Waals surface area contributed by atoms with Crippen LogP contribution in [0.25, 0.3) is 22.3 Å². The van der Waals surface area contributed by atoms with Crippen molar-refractivity contribution >= 4 is 11.0 Å². The van der Waals surface area contributed by atoms with Gasteiger partial charge >= 0.3 is 0 Å². The maximum absolute atomic E-state index is 12.7. The van der Waals surface area contributed by atoms with Gasteiger partial charge in [0.25, 0.3) is 0 Å². The predicted octanol–water partition coefficient (Wildman–Crippen LogP) is 0.497. The maximum Gasteiger partial charge on any atom is 0.238 e. The Morgan fingerprint density at radius 1 is 0.882 bits per heavy atom.